The standard InChI is InChI=1S/C26H25NO3/c1-30-25(29)20-15-16-23(24(20)28)27-26(17-9-3-2-4-10-17)21-13-7-5-11-18(21)19-12-6-8-14-22(19)26/h2-14,20,23-24,27-28H,15-16H2,1H3/t20-,23-,24-/m0/s1. The minimum absolute atomic E-state index is 0.228. The Kier molecular flexibility index (Phi) is 4.69. The van der Waals surface area contributed by atoms with E-state index in [1.807, 2.05) is 18.2 Å². The van der Waals surface area contributed by atoms with Crippen molar-refractivity contribution in [1.29, 1.82) is 0 Å². The quantitative estimate of drug-likeness (QED) is 0.654. The second-order valence-corrected chi connectivity index (χ2v) is 8.16. The third-order valence-electron chi connectivity index (χ3n) is 6.68. The Hall–Kier alpha value is -2.95. The zero-order chi connectivity index (χ0) is 20.7. The van der Waals surface area contributed by atoms with Crippen molar-refractivity contribution in [3.05, 3.63) is 95.6 Å². The van der Waals surface area contributed by atoms with Crippen LogP contribution in [0.5, 0.6) is 0 Å². The van der Waals surface area contributed by atoms with Gasteiger partial charge < -0.3 is 9.84 Å². The molecule has 0 spiro atoms. The van der Waals surface area contributed by atoms with Gasteiger partial charge in [0, 0.05) is 6.04 Å². The van der Waals surface area contributed by atoms with Gasteiger partial charge in [0.2, 0.25) is 0 Å². The van der Waals surface area contributed by atoms with Crippen LogP contribution in [0.15, 0.2) is 78.9 Å². The van der Waals surface area contributed by atoms with E-state index in [0.717, 1.165) is 5.56 Å². The molecule has 5 rings (SSSR count). The lowest BCUT2D eigenvalue weighted by molar-refractivity contribution is -0.148. The van der Waals surface area contributed by atoms with E-state index in [9.17, 15) is 9.90 Å². The molecule has 4 heteroatoms. The van der Waals surface area contributed by atoms with Gasteiger partial charge in [-0.15, -0.1) is 0 Å². The lowest BCUT2D eigenvalue weighted by atomic mass is 9.79. The van der Waals surface area contributed by atoms with Crippen molar-refractivity contribution in [3.63, 3.8) is 0 Å². The van der Waals surface area contributed by atoms with E-state index >= 15 is 0 Å². The Morgan fingerprint density at radius 3 is 2.07 bits per heavy atom. The molecular weight excluding hydrogens is 374 g/mol. The van der Waals surface area contributed by atoms with Gasteiger partial charge in [-0.05, 0) is 40.7 Å². The van der Waals surface area contributed by atoms with Crippen molar-refractivity contribution in [3.8, 4) is 11.1 Å². The number of carbonyl (C=O) groups excluding carboxylic acids is 1. The molecule has 2 aliphatic rings. The molecule has 0 aliphatic heterocycles. The SMILES string of the molecule is COC(=O)[C@H]1CC[C@H](NC2(c3ccccc3)c3ccccc3-c3ccccc32)[C@H]1O. The maximum absolute atomic E-state index is 12.1. The van der Waals surface area contributed by atoms with Crippen LogP contribution in [0.25, 0.3) is 11.1 Å². The maximum atomic E-state index is 12.1. The van der Waals surface area contributed by atoms with E-state index in [1.54, 1.807) is 0 Å². The Balaban J connectivity index is 1.67. The van der Waals surface area contributed by atoms with Gasteiger partial charge in [0.05, 0.1) is 24.7 Å². The number of hydrogen-bond acceptors (Lipinski definition) is 4. The van der Waals surface area contributed by atoms with Crippen molar-refractivity contribution < 1.29 is 14.6 Å². The average molecular weight is 399 g/mol. The van der Waals surface area contributed by atoms with E-state index in [1.165, 1.54) is 29.4 Å². The molecule has 0 heterocycles. The number of rotatable bonds is 4. The first-order valence-corrected chi connectivity index (χ1v) is 10.5. The Morgan fingerprint density at radius 2 is 1.47 bits per heavy atom. The monoisotopic (exact) mass is 399 g/mol. The molecule has 1 fully saturated rings. The first-order valence-electron chi connectivity index (χ1n) is 10.5. The molecular formula is C26H25NO3. The van der Waals surface area contributed by atoms with Crippen molar-refractivity contribution in [2.45, 2.75) is 30.5 Å². The van der Waals surface area contributed by atoms with Gasteiger partial charge in [0.1, 0.15) is 0 Å². The third kappa shape index (κ3) is 2.72. The lowest BCUT2D eigenvalue weighted by Gasteiger charge is -2.38. The van der Waals surface area contributed by atoms with Gasteiger partial charge in [-0.1, -0.05) is 78.9 Å². The van der Waals surface area contributed by atoms with E-state index in [-0.39, 0.29) is 12.0 Å². The number of carbonyl (C=O) groups is 1. The van der Waals surface area contributed by atoms with E-state index in [2.05, 4.69) is 66.0 Å². The molecule has 0 radical (unpaired) electrons. The molecule has 0 unspecified atom stereocenters. The molecule has 4 nitrogen and oxygen atoms in total. The van der Waals surface area contributed by atoms with Gasteiger partial charge in [0.15, 0.2) is 0 Å². The molecule has 2 N–H and O–H groups in total. The predicted molar refractivity (Wildman–Crippen MR) is 116 cm³/mol. The van der Waals surface area contributed by atoms with Crippen LogP contribution in [0.1, 0.15) is 29.5 Å². The molecule has 0 amide bonds. The Bertz CT molecular complexity index is 1030. The summed E-state index contributed by atoms with van der Waals surface area (Å²) < 4.78 is 4.92. The van der Waals surface area contributed by atoms with Crippen molar-refractivity contribution in [2.75, 3.05) is 7.11 Å². The average Bonchev–Trinajstić information content (AvgIpc) is 3.31. The summed E-state index contributed by atoms with van der Waals surface area (Å²) in [4.78, 5) is 12.1. The van der Waals surface area contributed by atoms with E-state index < -0.39 is 17.6 Å². The molecule has 0 saturated heterocycles. The first kappa shape index (κ1) is 19.0. The van der Waals surface area contributed by atoms with Gasteiger partial charge >= 0.3 is 5.97 Å². The summed E-state index contributed by atoms with van der Waals surface area (Å²) in [6.07, 6.45) is 0.525. The van der Waals surface area contributed by atoms with Crippen LogP contribution in [0, 0.1) is 5.92 Å². The second kappa shape index (κ2) is 7.38. The third-order valence-corrected chi connectivity index (χ3v) is 6.68. The minimum Gasteiger partial charge on any atom is -0.469 e. The van der Waals surface area contributed by atoms with E-state index in [4.69, 9.17) is 4.74 Å². The van der Waals surface area contributed by atoms with Crippen molar-refractivity contribution in [2.24, 2.45) is 5.92 Å². The zero-order valence-corrected chi connectivity index (χ0v) is 16.9. The van der Waals surface area contributed by atoms with Gasteiger partial charge in [-0.25, -0.2) is 0 Å². The number of ether oxygens (including phenoxy) is 1. The summed E-state index contributed by atoms with van der Waals surface area (Å²) in [6, 6.07) is 27.0. The van der Waals surface area contributed by atoms with E-state index in [0.29, 0.717) is 12.8 Å². The number of hydrogen-bond donors (Lipinski definition) is 2. The van der Waals surface area contributed by atoms with Gasteiger partial charge in [-0.3, -0.25) is 10.1 Å². The van der Waals surface area contributed by atoms with Crippen molar-refractivity contribution >= 4 is 5.97 Å². The maximum Gasteiger partial charge on any atom is 0.311 e. The summed E-state index contributed by atoms with van der Waals surface area (Å²) in [6.45, 7) is 0. The fraction of sp³-hybridized carbons (Fsp3) is 0.269. The zero-order valence-electron chi connectivity index (χ0n) is 16.9. The molecule has 3 aromatic carbocycles. The topological polar surface area (TPSA) is 58.6 Å². The molecule has 0 bridgehead atoms. The van der Waals surface area contributed by atoms with Gasteiger partial charge in [-0.2, -0.15) is 0 Å². The number of benzene rings is 3. The highest BCUT2D eigenvalue weighted by atomic mass is 16.5. The molecule has 3 atom stereocenters. The summed E-state index contributed by atoms with van der Waals surface area (Å²) >= 11 is 0. The normalized spacial score (nSPS) is 23.6. The van der Waals surface area contributed by atoms with Crippen LogP contribution < -0.4 is 5.32 Å². The number of aliphatic hydroxyl groups excluding tert-OH is 1. The highest BCUT2D eigenvalue weighted by Gasteiger charge is 2.49. The minimum atomic E-state index is -0.794. The smallest absolute Gasteiger partial charge is 0.311 e. The number of aliphatic hydroxyl groups is 1. The summed E-state index contributed by atoms with van der Waals surface area (Å²) in [5, 5.41) is 14.8. The summed E-state index contributed by atoms with van der Waals surface area (Å²) in [5.74, 6) is -0.833. The Morgan fingerprint density at radius 1 is 0.900 bits per heavy atom. The summed E-state index contributed by atoms with van der Waals surface area (Å²) in [7, 11) is 1.38. The highest BCUT2D eigenvalue weighted by molar-refractivity contribution is 5.83. The molecule has 1 saturated carbocycles. The van der Waals surface area contributed by atoms with Gasteiger partial charge in [0.25, 0.3) is 0 Å². The van der Waals surface area contributed by atoms with Crippen LogP contribution in [-0.4, -0.2) is 30.3 Å². The Labute approximate surface area is 176 Å². The lowest BCUT2D eigenvalue weighted by Crippen LogP contribution is -2.52. The molecule has 2 aliphatic carbocycles. The van der Waals surface area contributed by atoms with Crippen LogP contribution in [0.3, 0.4) is 0 Å². The number of methoxy groups -OCH3 is 1. The predicted octanol–water partition coefficient (Wildman–Crippen LogP) is 3.86. The second-order valence-electron chi connectivity index (χ2n) is 8.16. The van der Waals surface area contributed by atoms with Crippen LogP contribution >= 0.6 is 0 Å². The fourth-order valence-electron chi connectivity index (χ4n) is 5.30. The molecule has 152 valence electrons. The van der Waals surface area contributed by atoms with Crippen LogP contribution in [0.2, 0.25) is 0 Å². The molecule has 30 heavy (non-hydrogen) atoms. The largest absolute Gasteiger partial charge is 0.469 e. The van der Waals surface area contributed by atoms with Crippen molar-refractivity contribution in [1.82, 2.24) is 5.32 Å². The first-order chi connectivity index (χ1) is 14.7. The number of nitrogens with one attached hydrogen (secondary N) is 1. The summed E-state index contributed by atoms with van der Waals surface area (Å²) in [5.41, 5.74) is 5.27. The number of esters is 1. The highest BCUT2D eigenvalue weighted by Crippen LogP contribution is 2.51. The van der Waals surface area contributed by atoms with Crippen LogP contribution in [-0.2, 0) is 15.1 Å². The molecule has 0 aromatic heterocycles. The van der Waals surface area contributed by atoms with Crippen LogP contribution in [0.4, 0.5) is 0 Å². The fourth-order valence-corrected chi connectivity index (χ4v) is 5.30. The molecule has 3 aromatic rings. The number of fused-ring (bicyclic) bond motifs is 3.